The normalized spacial score (nSPS) is 15.3. The molecule has 9 nitrogen and oxygen atoms in total. The molecular weight excluding hydrogens is 382 g/mol. The van der Waals surface area contributed by atoms with Crippen LogP contribution in [0.4, 0.5) is 0 Å². The molecule has 0 saturated carbocycles. The molecule has 3 heterocycles. The third-order valence-corrected chi connectivity index (χ3v) is 5.96. The number of aromatic nitrogens is 3. The minimum atomic E-state index is -3.43. The predicted molar refractivity (Wildman–Crippen MR) is 102 cm³/mol. The third kappa shape index (κ3) is 4.56. The Kier molecular flexibility index (Phi) is 5.80. The number of hydrogen-bond acceptors (Lipinski definition) is 7. The van der Waals surface area contributed by atoms with Gasteiger partial charge in [0.25, 0.3) is 5.91 Å². The molecule has 0 aliphatic carbocycles. The second kappa shape index (κ2) is 7.96. The van der Waals surface area contributed by atoms with Crippen LogP contribution in [0.25, 0.3) is 0 Å². The maximum absolute atomic E-state index is 12.5. The quantitative estimate of drug-likeness (QED) is 0.679. The Labute approximate surface area is 164 Å². The number of aryl methyl sites for hydroxylation is 1. The van der Waals surface area contributed by atoms with Gasteiger partial charge in [0, 0.05) is 37.7 Å². The largest absolute Gasteiger partial charge is 0.339 e. The van der Waals surface area contributed by atoms with Crippen LogP contribution in [-0.2, 0) is 16.4 Å². The molecule has 2 aromatic heterocycles. The van der Waals surface area contributed by atoms with Crippen LogP contribution in [0.1, 0.15) is 47.7 Å². The fraction of sp³-hybridized carbons (Fsp3) is 0.556. The molecule has 1 saturated heterocycles. The molecule has 1 aliphatic rings. The van der Waals surface area contributed by atoms with Gasteiger partial charge in [0.05, 0.1) is 12.3 Å². The van der Waals surface area contributed by atoms with E-state index in [1.165, 1.54) is 10.6 Å². The van der Waals surface area contributed by atoms with Gasteiger partial charge < -0.3 is 9.42 Å². The first-order chi connectivity index (χ1) is 13.1. The average molecular weight is 407 g/mol. The maximum atomic E-state index is 12.5. The van der Waals surface area contributed by atoms with Gasteiger partial charge in [-0.15, -0.1) is 0 Å². The van der Waals surface area contributed by atoms with Crippen molar-refractivity contribution in [1.29, 1.82) is 0 Å². The average Bonchev–Trinajstić information content (AvgIpc) is 3.04. The zero-order chi connectivity index (χ0) is 20.5. The number of amides is 1. The summed E-state index contributed by atoms with van der Waals surface area (Å²) in [4.78, 5) is 22.6. The zero-order valence-electron chi connectivity index (χ0n) is 16.5. The van der Waals surface area contributed by atoms with Crippen molar-refractivity contribution in [2.75, 3.05) is 25.9 Å². The molecule has 0 N–H and O–H groups in total. The number of pyridine rings is 1. The summed E-state index contributed by atoms with van der Waals surface area (Å²) in [5.74, 6) is 0.947. The minimum Gasteiger partial charge on any atom is -0.339 e. The molecular formula is C18H25N5O4S. The second-order valence-electron chi connectivity index (χ2n) is 7.36. The van der Waals surface area contributed by atoms with E-state index in [1.54, 1.807) is 17.0 Å². The van der Waals surface area contributed by atoms with Gasteiger partial charge in [-0.25, -0.2) is 13.4 Å². The highest BCUT2D eigenvalue weighted by molar-refractivity contribution is 7.88. The number of hydrogen-bond donors (Lipinski definition) is 0. The first kappa shape index (κ1) is 20.4. The van der Waals surface area contributed by atoms with Crippen molar-refractivity contribution < 1.29 is 17.7 Å². The summed E-state index contributed by atoms with van der Waals surface area (Å²) in [6.07, 6.45) is 1.53. The van der Waals surface area contributed by atoms with E-state index in [2.05, 4.69) is 15.1 Å². The summed E-state index contributed by atoms with van der Waals surface area (Å²) in [7, 11) is -3.43. The third-order valence-electron chi connectivity index (χ3n) is 4.62. The monoisotopic (exact) mass is 407 g/mol. The molecule has 3 rings (SSSR count). The number of carbonyl (C=O) groups excluding carboxylic acids is 1. The summed E-state index contributed by atoms with van der Waals surface area (Å²) < 4.78 is 31.0. The van der Waals surface area contributed by atoms with Crippen LogP contribution in [0.15, 0.2) is 22.7 Å². The van der Waals surface area contributed by atoms with Gasteiger partial charge in [0.15, 0.2) is 5.82 Å². The van der Waals surface area contributed by atoms with E-state index in [4.69, 9.17) is 4.52 Å². The van der Waals surface area contributed by atoms with Crippen molar-refractivity contribution in [3.8, 4) is 0 Å². The molecule has 0 unspecified atom stereocenters. The molecule has 152 valence electrons. The molecule has 1 aliphatic heterocycles. The Bertz CT molecular complexity index is 950. The molecule has 28 heavy (non-hydrogen) atoms. The van der Waals surface area contributed by atoms with Crippen molar-refractivity contribution in [3.05, 3.63) is 41.3 Å². The smallest absolute Gasteiger partial charge is 0.272 e. The van der Waals surface area contributed by atoms with Crippen LogP contribution in [-0.4, -0.2) is 70.6 Å². The van der Waals surface area contributed by atoms with Crippen LogP contribution in [0.2, 0.25) is 0 Å². The first-order valence-corrected chi connectivity index (χ1v) is 11.0. The molecule has 1 fully saturated rings. The molecule has 1 amide bonds. The van der Waals surface area contributed by atoms with E-state index in [9.17, 15) is 13.2 Å². The molecule has 0 spiro atoms. The van der Waals surface area contributed by atoms with E-state index in [0.717, 1.165) is 5.69 Å². The number of carbonyl (C=O) groups is 1. The van der Waals surface area contributed by atoms with Gasteiger partial charge in [-0.2, -0.15) is 9.29 Å². The lowest BCUT2D eigenvalue weighted by atomic mass is 10.1. The highest BCUT2D eigenvalue weighted by Gasteiger charge is 2.39. The topological polar surface area (TPSA) is 110 Å². The van der Waals surface area contributed by atoms with Gasteiger partial charge >= 0.3 is 0 Å². The van der Waals surface area contributed by atoms with E-state index in [0.29, 0.717) is 36.9 Å². The van der Waals surface area contributed by atoms with Gasteiger partial charge in [0.1, 0.15) is 5.69 Å². The Morgan fingerprint density at radius 3 is 2.61 bits per heavy atom. The summed E-state index contributed by atoms with van der Waals surface area (Å²) in [6, 6.07) is 5.01. The molecule has 2 aromatic rings. The first-order valence-electron chi connectivity index (χ1n) is 9.17. The van der Waals surface area contributed by atoms with E-state index in [-0.39, 0.29) is 24.4 Å². The Hall–Kier alpha value is -2.33. The van der Waals surface area contributed by atoms with Crippen LogP contribution in [0.3, 0.4) is 0 Å². The standard InChI is InChI=1S/C18H25N5O4S/c1-12(2)17-20-16(21-27-17)8-9-23(28(4,25)26)14-10-22(11-14)18(24)15-7-5-6-13(3)19-15/h5-7,12,14H,8-11H2,1-4H3. The van der Waals surface area contributed by atoms with Crippen molar-refractivity contribution in [2.45, 2.75) is 39.2 Å². The second-order valence-corrected chi connectivity index (χ2v) is 9.29. The lowest BCUT2D eigenvalue weighted by Crippen LogP contribution is -2.62. The van der Waals surface area contributed by atoms with Crippen molar-refractivity contribution in [3.63, 3.8) is 0 Å². The predicted octanol–water partition coefficient (Wildman–Crippen LogP) is 1.23. The van der Waals surface area contributed by atoms with Gasteiger partial charge in [-0.3, -0.25) is 4.79 Å². The lowest BCUT2D eigenvalue weighted by molar-refractivity contribution is 0.0448. The van der Waals surface area contributed by atoms with Crippen LogP contribution < -0.4 is 0 Å². The molecule has 0 aromatic carbocycles. The summed E-state index contributed by atoms with van der Waals surface area (Å²) in [6.45, 7) is 6.64. The van der Waals surface area contributed by atoms with Gasteiger partial charge in [0.2, 0.25) is 15.9 Å². The highest BCUT2D eigenvalue weighted by Crippen LogP contribution is 2.21. The minimum absolute atomic E-state index is 0.119. The van der Waals surface area contributed by atoms with Gasteiger partial charge in [-0.1, -0.05) is 25.1 Å². The van der Waals surface area contributed by atoms with Crippen molar-refractivity contribution in [1.82, 2.24) is 24.3 Å². The number of likely N-dealkylation sites (tertiary alicyclic amines) is 1. The van der Waals surface area contributed by atoms with E-state index in [1.807, 2.05) is 26.8 Å². The molecule has 10 heteroatoms. The Morgan fingerprint density at radius 2 is 2.04 bits per heavy atom. The SMILES string of the molecule is Cc1cccc(C(=O)N2CC(N(CCc3noc(C(C)C)n3)S(C)(=O)=O)C2)n1. The maximum Gasteiger partial charge on any atom is 0.272 e. The molecule has 0 radical (unpaired) electrons. The highest BCUT2D eigenvalue weighted by atomic mass is 32.2. The van der Waals surface area contributed by atoms with Crippen molar-refractivity contribution >= 4 is 15.9 Å². The summed E-state index contributed by atoms with van der Waals surface area (Å²) in [5, 5.41) is 3.91. The Balaban J connectivity index is 1.61. The summed E-state index contributed by atoms with van der Waals surface area (Å²) >= 11 is 0. The fourth-order valence-corrected chi connectivity index (χ4v) is 4.16. The number of sulfonamides is 1. The number of rotatable bonds is 7. The van der Waals surface area contributed by atoms with Crippen LogP contribution in [0.5, 0.6) is 0 Å². The van der Waals surface area contributed by atoms with E-state index < -0.39 is 10.0 Å². The fourth-order valence-electron chi connectivity index (χ4n) is 3.06. The molecule has 0 atom stereocenters. The zero-order valence-corrected chi connectivity index (χ0v) is 17.3. The Morgan fingerprint density at radius 1 is 1.32 bits per heavy atom. The molecule has 0 bridgehead atoms. The number of nitrogens with zero attached hydrogens (tertiary/aromatic N) is 5. The van der Waals surface area contributed by atoms with Crippen LogP contribution >= 0.6 is 0 Å². The lowest BCUT2D eigenvalue weighted by Gasteiger charge is -2.44. The summed E-state index contributed by atoms with van der Waals surface area (Å²) in [5.41, 5.74) is 1.14. The van der Waals surface area contributed by atoms with Gasteiger partial charge in [-0.05, 0) is 19.1 Å². The van der Waals surface area contributed by atoms with E-state index >= 15 is 0 Å². The van der Waals surface area contributed by atoms with Crippen molar-refractivity contribution in [2.24, 2.45) is 0 Å². The van der Waals surface area contributed by atoms with Crippen LogP contribution in [0, 0.1) is 6.92 Å².